The number of carbonyl (C=O) groups excluding carboxylic acids is 3. The van der Waals surface area contributed by atoms with Crippen molar-refractivity contribution < 1.29 is 28.6 Å². The molecule has 6 heteroatoms. The summed E-state index contributed by atoms with van der Waals surface area (Å²) in [6, 6.07) is 0. The Labute approximate surface area is 298 Å². The van der Waals surface area contributed by atoms with Gasteiger partial charge in [-0.3, -0.25) is 14.4 Å². The lowest BCUT2D eigenvalue weighted by atomic mass is 9.99. The normalized spacial score (nSPS) is 12.6. The molecule has 6 nitrogen and oxygen atoms in total. The van der Waals surface area contributed by atoms with Gasteiger partial charge in [-0.15, -0.1) is 0 Å². The van der Waals surface area contributed by atoms with Crippen LogP contribution < -0.4 is 0 Å². The lowest BCUT2D eigenvalue weighted by molar-refractivity contribution is -0.167. The quantitative estimate of drug-likeness (QED) is 0.0372. The number of unbranched alkanes of at least 4 members (excludes halogenated alkanes) is 20. The maximum Gasteiger partial charge on any atom is 0.306 e. The molecule has 0 rings (SSSR count). The molecule has 0 radical (unpaired) electrons. The van der Waals surface area contributed by atoms with Gasteiger partial charge in [0.2, 0.25) is 0 Å². The molecule has 0 amide bonds. The van der Waals surface area contributed by atoms with Gasteiger partial charge in [0.15, 0.2) is 6.10 Å². The molecule has 0 saturated heterocycles. The minimum absolute atomic E-state index is 0.0672. The molecule has 0 aromatic carbocycles. The molecular weight excluding hydrogens is 600 g/mol. The van der Waals surface area contributed by atoms with Gasteiger partial charge in [0.05, 0.1) is 0 Å². The van der Waals surface area contributed by atoms with Crippen molar-refractivity contribution in [1.29, 1.82) is 0 Å². The van der Waals surface area contributed by atoms with Crippen LogP contribution in [0, 0.1) is 11.8 Å². The van der Waals surface area contributed by atoms with E-state index in [0.29, 0.717) is 19.3 Å². The Kier molecular flexibility index (Phi) is 34.1. The average Bonchev–Trinajstić information content (AvgIpc) is 3.06. The molecule has 0 aliphatic carbocycles. The summed E-state index contributed by atoms with van der Waals surface area (Å²) in [6.07, 6.45) is 31.1. The van der Waals surface area contributed by atoms with Gasteiger partial charge in [-0.05, 0) is 31.1 Å². The summed E-state index contributed by atoms with van der Waals surface area (Å²) in [5, 5.41) is 0. The Morgan fingerprint density at radius 3 is 1.19 bits per heavy atom. The highest BCUT2D eigenvalue weighted by Crippen LogP contribution is 2.16. The predicted octanol–water partition coefficient (Wildman–Crippen LogP) is 12.6. The topological polar surface area (TPSA) is 78.9 Å². The van der Waals surface area contributed by atoms with Gasteiger partial charge in [0.25, 0.3) is 0 Å². The SMILES string of the molecule is CCCCCCCC(=O)O[C@@H](COC(=O)CCCCCCCCCCCCC(C)CC)COC(=O)CCCCCCCCCCC(C)C. The second-order valence-electron chi connectivity index (χ2n) is 15.0. The number of carbonyl (C=O) groups is 3. The first-order valence-corrected chi connectivity index (χ1v) is 20.8. The fourth-order valence-corrected chi connectivity index (χ4v) is 6.01. The number of esters is 3. The highest BCUT2D eigenvalue weighted by Gasteiger charge is 2.19. The summed E-state index contributed by atoms with van der Waals surface area (Å²) in [4.78, 5) is 37.3. The molecule has 0 aliphatic heterocycles. The lowest BCUT2D eigenvalue weighted by Crippen LogP contribution is -2.30. The van der Waals surface area contributed by atoms with E-state index in [-0.39, 0.29) is 31.1 Å². The van der Waals surface area contributed by atoms with Crippen LogP contribution in [0.5, 0.6) is 0 Å². The molecule has 0 N–H and O–H groups in total. The van der Waals surface area contributed by atoms with Crippen molar-refractivity contribution in [3.63, 3.8) is 0 Å². The molecule has 0 aliphatic rings. The van der Waals surface area contributed by atoms with E-state index in [4.69, 9.17) is 14.2 Å². The van der Waals surface area contributed by atoms with E-state index in [1.54, 1.807) is 0 Å². The van der Waals surface area contributed by atoms with Gasteiger partial charge >= 0.3 is 17.9 Å². The lowest BCUT2D eigenvalue weighted by Gasteiger charge is -2.18. The van der Waals surface area contributed by atoms with Gasteiger partial charge < -0.3 is 14.2 Å². The molecule has 0 bridgehead atoms. The Morgan fingerprint density at radius 1 is 0.438 bits per heavy atom. The Balaban J connectivity index is 4.20. The summed E-state index contributed by atoms with van der Waals surface area (Å²) >= 11 is 0. The number of hydrogen-bond acceptors (Lipinski definition) is 6. The van der Waals surface area contributed by atoms with Crippen LogP contribution in [0.15, 0.2) is 0 Å². The van der Waals surface area contributed by atoms with E-state index in [9.17, 15) is 14.4 Å². The van der Waals surface area contributed by atoms with Crippen LogP contribution >= 0.6 is 0 Å². The average molecular weight is 681 g/mol. The largest absolute Gasteiger partial charge is 0.462 e. The van der Waals surface area contributed by atoms with Crippen molar-refractivity contribution in [2.24, 2.45) is 11.8 Å². The van der Waals surface area contributed by atoms with Crippen LogP contribution in [0.2, 0.25) is 0 Å². The molecular formula is C42H80O6. The van der Waals surface area contributed by atoms with Gasteiger partial charge in [0.1, 0.15) is 13.2 Å². The van der Waals surface area contributed by atoms with Crippen molar-refractivity contribution in [2.75, 3.05) is 13.2 Å². The standard InChI is InChI=1S/C42H80O6/c1-6-8-9-20-29-34-42(45)48-39(36-47-41(44)33-28-24-19-15-14-16-21-25-30-37(3)4)35-46-40(43)32-27-23-18-13-11-10-12-17-22-26-31-38(5)7-2/h37-39H,6-36H2,1-5H3/t38?,39-/m0/s1. The van der Waals surface area contributed by atoms with Gasteiger partial charge in [0, 0.05) is 19.3 Å². The summed E-state index contributed by atoms with van der Waals surface area (Å²) in [5.74, 6) is 0.787. The third-order valence-corrected chi connectivity index (χ3v) is 9.58. The highest BCUT2D eigenvalue weighted by atomic mass is 16.6. The van der Waals surface area contributed by atoms with E-state index in [1.165, 1.54) is 103 Å². The molecule has 0 heterocycles. The summed E-state index contributed by atoms with van der Waals surface area (Å²) in [7, 11) is 0. The minimum atomic E-state index is -0.758. The molecule has 0 fully saturated rings. The van der Waals surface area contributed by atoms with Crippen LogP contribution in [-0.4, -0.2) is 37.2 Å². The van der Waals surface area contributed by atoms with Crippen molar-refractivity contribution in [3.05, 3.63) is 0 Å². The van der Waals surface area contributed by atoms with E-state index in [0.717, 1.165) is 76.0 Å². The smallest absolute Gasteiger partial charge is 0.306 e. The van der Waals surface area contributed by atoms with Gasteiger partial charge in [-0.1, -0.05) is 182 Å². The van der Waals surface area contributed by atoms with Crippen LogP contribution in [0.1, 0.15) is 221 Å². The maximum absolute atomic E-state index is 12.5. The van der Waals surface area contributed by atoms with Gasteiger partial charge in [-0.25, -0.2) is 0 Å². The van der Waals surface area contributed by atoms with Crippen LogP contribution in [-0.2, 0) is 28.6 Å². The Morgan fingerprint density at radius 2 is 0.792 bits per heavy atom. The van der Waals surface area contributed by atoms with Gasteiger partial charge in [-0.2, -0.15) is 0 Å². The summed E-state index contributed by atoms with van der Waals surface area (Å²) in [5.41, 5.74) is 0. The van der Waals surface area contributed by atoms with Crippen LogP contribution in [0.3, 0.4) is 0 Å². The molecule has 0 saturated carbocycles. The highest BCUT2D eigenvalue weighted by molar-refractivity contribution is 5.71. The second kappa shape index (κ2) is 35.2. The number of rotatable bonds is 36. The first-order chi connectivity index (χ1) is 23.3. The molecule has 1 unspecified atom stereocenters. The Hall–Kier alpha value is -1.59. The first-order valence-electron chi connectivity index (χ1n) is 20.8. The van der Waals surface area contributed by atoms with Crippen LogP contribution in [0.4, 0.5) is 0 Å². The van der Waals surface area contributed by atoms with E-state index >= 15 is 0 Å². The molecule has 2 atom stereocenters. The van der Waals surface area contributed by atoms with Crippen molar-refractivity contribution >= 4 is 17.9 Å². The number of hydrogen-bond donors (Lipinski definition) is 0. The first kappa shape index (κ1) is 46.4. The summed E-state index contributed by atoms with van der Waals surface area (Å²) < 4.78 is 16.5. The molecule has 0 spiro atoms. The second-order valence-corrected chi connectivity index (χ2v) is 15.0. The summed E-state index contributed by atoms with van der Waals surface area (Å²) in [6.45, 7) is 11.2. The van der Waals surface area contributed by atoms with E-state index in [2.05, 4.69) is 34.6 Å². The fraction of sp³-hybridized carbons (Fsp3) is 0.929. The third-order valence-electron chi connectivity index (χ3n) is 9.58. The zero-order valence-electron chi connectivity index (χ0n) is 32.6. The fourth-order valence-electron chi connectivity index (χ4n) is 6.01. The van der Waals surface area contributed by atoms with Crippen molar-refractivity contribution in [2.45, 2.75) is 227 Å². The molecule has 0 aromatic heterocycles. The Bertz CT molecular complexity index is 736. The zero-order chi connectivity index (χ0) is 35.5. The zero-order valence-corrected chi connectivity index (χ0v) is 32.6. The van der Waals surface area contributed by atoms with E-state index < -0.39 is 6.10 Å². The van der Waals surface area contributed by atoms with Crippen molar-refractivity contribution in [3.8, 4) is 0 Å². The minimum Gasteiger partial charge on any atom is -0.462 e. The molecule has 284 valence electrons. The molecule has 0 aromatic rings. The van der Waals surface area contributed by atoms with Crippen LogP contribution in [0.25, 0.3) is 0 Å². The third kappa shape index (κ3) is 34.3. The maximum atomic E-state index is 12.5. The number of ether oxygens (including phenoxy) is 3. The molecule has 48 heavy (non-hydrogen) atoms. The monoisotopic (exact) mass is 681 g/mol. The van der Waals surface area contributed by atoms with E-state index in [1.807, 2.05) is 0 Å². The van der Waals surface area contributed by atoms with Crippen molar-refractivity contribution in [1.82, 2.24) is 0 Å². The predicted molar refractivity (Wildman–Crippen MR) is 201 cm³/mol.